The number of nitrogens with zero attached hydrogens (tertiary/aromatic N) is 1. The summed E-state index contributed by atoms with van der Waals surface area (Å²) in [4.78, 5) is 24.4. The topological polar surface area (TPSA) is 88.1 Å². The van der Waals surface area contributed by atoms with Gasteiger partial charge in [-0.15, -0.1) is 0 Å². The van der Waals surface area contributed by atoms with Gasteiger partial charge in [-0.25, -0.2) is 4.79 Å². The number of ether oxygens (including phenoxy) is 2. The van der Waals surface area contributed by atoms with E-state index in [2.05, 4.69) is 5.32 Å². The standard InChI is InChI=1S/C13H24N2O5/c1-3-4-10(9-19-2)14-13(18)15-5-6-20-11(8-15)7-12(16)17/h10-11H,3-9H2,1-2H3,(H,14,18)(H,16,17). The number of hydrogen-bond donors (Lipinski definition) is 2. The molecule has 0 radical (unpaired) electrons. The summed E-state index contributed by atoms with van der Waals surface area (Å²) in [5.41, 5.74) is 0. The summed E-state index contributed by atoms with van der Waals surface area (Å²) in [5.74, 6) is -0.916. The number of morpholine rings is 1. The monoisotopic (exact) mass is 288 g/mol. The van der Waals surface area contributed by atoms with Crippen LogP contribution in [-0.2, 0) is 14.3 Å². The van der Waals surface area contributed by atoms with Crippen molar-refractivity contribution in [2.24, 2.45) is 0 Å². The first-order valence-electron chi connectivity index (χ1n) is 6.94. The van der Waals surface area contributed by atoms with Crippen LogP contribution in [0.2, 0.25) is 0 Å². The maximum atomic E-state index is 12.1. The highest BCUT2D eigenvalue weighted by molar-refractivity contribution is 5.75. The Balaban J connectivity index is 2.46. The Kier molecular flexibility index (Phi) is 7.32. The summed E-state index contributed by atoms with van der Waals surface area (Å²) in [6, 6.07) is -0.197. The van der Waals surface area contributed by atoms with Crippen LogP contribution in [0.3, 0.4) is 0 Å². The fraction of sp³-hybridized carbons (Fsp3) is 0.846. The lowest BCUT2D eigenvalue weighted by atomic mass is 10.2. The molecule has 1 saturated heterocycles. The summed E-state index contributed by atoms with van der Waals surface area (Å²) in [6.45, 7) is 3.68. The highest BCUT2D eigenvalue weighted by Crippen LogP contribution is 2.09. The van der Waals surface area contributed by atoms with E-state index in [1.165, 1.54) is 0 Å². The molecule has 1 aliphatic rings. The molecule has 0 saturated carbocycles. The molecule has 0 bridgehead atoms. The maximum absolute atomic E-state index is 12.1. The minimum absolute atomic E-state index is 0.0155. The van der Waals surface area contributed by atoms with Gasteiger partial charge in [-0.2, -0.15) is 0 Å². The smallest absolute Gasteiger partial charge is 0.317 e. The van der Waals surface area contributed by atoms with Crippen LogP contribution in [-0.4, -0.2) is 67.6 Å². The summed E-state index contributed by atoms with van der Waals surface area (Å²) < 4.78 is 10.4. The molecule has 1 heterocycles. The Morgan fingerprint density at radius 3 is 2.90 bits per heavy atom. The first-order valence-corrected chi connectivity index (χ1v) is 6.94. The maximum Gasteiger partial charge on any atom is 0.317 e. The molecule has 2 unspecified atom stereocenters. The molecular weight excluding hydrogens is 264 g/mol. The lowest BCUT2D eigenvalue weighted by Crippen LogP contribution is -2.52. The van der Waals surface area contributed by atoms with E-state index in [0.717, 1.165) is 12.8 Å². The average Bonchev–Trinajstić information content (AvgIpc) is 2.38. The Morgan fingerprint density at radius 1 is 1.55 bits per heavy atom. The summed E-state index contributed by atoms with van der Waals surface area (Å²) >= 11 is 0. The molecule has 1 fully saturated rings. The van der Waals surface area contributed by atoms with Crippen molar-refractivity contribution in [2.45, 2.75) is 38.3 Å². The van der Waals surface area contributed by atoms with Crippen LogP contribution in [0.15, 0.2) is 0 Å². The number of methoxy groups -OCH3 is 1. The van der Waals surface area contributed by atoms with Gasteiger partial charge in [0.1, 0.15) is 0 Å². The number of aliphatic carboxylic acids is 1. The zero-order chi connectivity index (χ0) is 15.0. The summed E-state index contributed by atoms with van der Waals surface area (Å²) in [5, 5.41) is 11.7. The van der Waals surface area contributed by atoms with Crippen molar-refractivity contribution in [3.05, 3.63) is 0 Å². The summed E-state index contributed by atoms with van der Waals surface area (Å²) in [7, 11) is 1.60. The zero-order valence-corrected chi connectivity index (χ0v) is 12.1. The van der Waals surface area contributed by atoms with E-state index < -0.39 is 12.1 Å². The van der Waals surface area contributed by atoms with Crippen molar-refractivity contribution in [1.29, 1.82) is 0 Å². The van der Waals surface area contributed by atoms with E-state index in [1.54, 1.807) is 12.0 Å². The van der Waals surface area contributed by atoms with Crippen molar-refractivity contribution < 1.29 is 24.2 Å². The van der Waals surface area contributed by atoms with Crippen LogP contribution in [0.1, 0.15) is 26.2 Å². The molecule has 0 aliphatic carbocycles. The van der Waals surface area contributed by atoms with Gasteiger partial charge in [-0.1, -0.05) is 13.3 Å². The molecule has 7 nitrogen and oxygen atoms in total. The quantitative estimate of drug-likeness (QED) is 0.719. The fourth-order valence-corrected chi connectivity index (χ4v) is 2.23. The predicted octanol–water partition coefficient (Wildman–Crippen LogP) is 0.687. The van der Waals surface area contributed by atoms with Crippen molar-refractivity contribution in [2.75, 3.05) is 33.4 Å². The number of hydrogen-bond acceptors (Lipinski definition) is 4. The van der Waals surface area contributed by atoms with E-state index in [0.29, 0.717) is 26.3 Å². The number of rotatable bonds is 7. The average molecular weight is 288 g/mol. The molecule has 1 rings (SSSR count). The van der Waals surface area contributed by atoms with Crippen molar-refractivity contribution in [3.8, 4) is 0 Å². The molecule has 0 aromatic rings. The lowest BCUT2D eigenvalue weighted by molar-refractivity contribution is -0.141. The second-order valence-corrected chi connectivity index (χ2v) is 4.93. The van der Waals surface area contributed by atoms with Crippen LogP contribution in [0.4, 0.5) is 4.79 Å². The molecule has 0 spiro atoms. The van der Waals surface area contributed by atoms with Gasteiger partial charge in [0, 0.05) is 20.2 Å². The number of carboxylic acid groups (broad SMARTS) is 1. The minimum atomic E-state index is -0.916. The molecule has 2 atom stereocenters. The first kappa shape index (κ1) is 16.7. The summed E-state index contributed by atoms with van der Waals surface area (Å²) in [6.07, 6.45) is 1.29. The fourth-order valence-electron chi connectivity index (χ4n) is 2.23. The number of carbonyl (C=O) groups excluding carboxylic acids is 1. The number of nitrogens with one attached hydrogen (secondary N) is 1. The molecule has 0 aromatic carbocycles. The van der Waals surface area contributed by atoms with E-state index in [-0.39, 0.29) is 18.5 Å². The highest BCUT2D eigenvalue weighted by atomic mass is 16.5. The van der Waals surface area contributed by atoms with Gasteiger partial charge in [0.25, 0.3) is 0 Å². The molecule has 2 N–H and O–H groups in total. The Labute approximate surface area is 119 Å². The highest BCUT2D eigenvalue weighted by Gasteiger charge is 2.26. The molecular formula is C13H24N2O5. The molecule has 0 aromatic heterocycles. The van der Waals surface area contributed by atoms with Crippen LogP contribution < -0.4 is 5.32 Å². The van der Waals surface area contributed by atoms with Gasteiger partial charge in [-0.05, 0) is 6.42 Å². The van der Waals surface area contributed by atoms with Crippen LogP contribution in [0.25, 0.3) is 0 Å². The second kappa shape index (κ2) is 8.76. The number of amides is 2. The number of carbonyl (C=O) groups is 2. The van der Waals surface area contributed by atoms with Gasteiger partial charge in [0.15, 0.2) is 0 Å². The van der Waals surface area contributed by atoms with Gasteiger partial charge in [-0.3, -0.25) is 4.79 Å². The normalized spacial score (nSPS) is 20.5. The third-order valence-electron chi connectivity index (χ3n) is 3.16. The Hall–Kier alpha value is -1.34. The third-order valence-corrected chi connectivity index (χ3v) is 3.16. The number of urea groups is 1. The minimum Gasteiger partial charge on any atom is -0.481 e. The molecule has 20 heavy (non-hydrogen) atoms. The van der Waals surface area contributed by atoms with Gasteiger partial charge in [0.2, 0.25) is 0 Å². The van der Waals surface area contributed by atoms with Crippen LogP contribution in [0, 0.1) is 0 Å². The van der Waals surface area contributed by atoms with Crippen molar-refractivity contribution in [3.63, 3.8) is 0 Å². The first-order chi connectivity index (χ1) is 9.56. The molecule has 1 aliphatic heterocycles. The van der Waals surface area contributed by atoms with Crippen molar-refractivity contribution >= 4 is 12.0 Å². The van der Waals surface area contributed by atoms with Gasteiger partial charge >= 0.3 is 12.0 Å². The van der Waals surface area contributed by atoms with Crippen LogP contribution >= 0.6 is 0 Å². The van der Waals surface area contributed by atoms with Gasteiger partial charge < -0.3 is 24.8 Å². The largest absolute Gasteiger partial charge is 0.481 e. The van der Waals surface area contributed by atoms with Crippen molar-refractivity contribution in [1.82, 2.24) is 10.2 Å². The Morgan fingerprint density at radius 2 is 2.30 bits per heavy atom. The number of carboxylic acids is 1. The third kappa shape index (κ3) is 5.75. The van der Waals surface area contributed by atoms with E-state index >= 15 is 0 Å². The predicted molar refractivity (Wildman–Crippen MR) is 72.7 cm³/mol. The van der Waals surface area contributed by atoms with E-state index in [4.69, 9.17) is 14.6 Å². The van der Waals surface area contributed by atoms with Gasteiger partial charge in [0.05, 0.1) is 31.8 Å². The Bertz CT molecular complexity index is 318. The second-order valence-electron chi connectivity index (χ2n) is 4.93. The SMILES string of the molecule is CCCC(COC)NC(=O)N1CCOC(CC(=O)O)C1. The molecule has 7 heteroatoms. The molecule has 116 valence electrons. The van der Waals surface area contributed by atoms with E-state index in [1.807, 2.05) is 6.92 Å². The van der Waals surface area contributed by atoms with E-state index in [9.17, 15) is 9.59 Å². The molecule has 2 amide bonds. The van der Waals surface area contributed by atoms with Crippen LogP contribution in [0.5, 0.6) is 0 Å². The zero-order valence-electron chi connectivity index (χ0n) is 12.1. The lowest BCUT2D eigenvalue weighted by Gasteiger charge is -2.33.